The Bertz CT molecular complexity index is 897. The molecule has 1 unspecified atom stereocenters. The number of ether oxygens (including phenoxy) is 1. The molecule has 0 N–H and O–H groups in total. The molecule has 0 amide bonds. The molecule has 0 aliphatic rings. The molecule has 0 spiro atoms. The zero-order valence-electron chi connectivity index (χ0n) is 13.1. The van der Waals surface area contributed by atoms with Gasteiger partial charge in [0.05, 0.1) is 35.9 Å². The van der Waals surface area contributed by atoms with Crippen LogP contribution in [0.1, 0.15) is 29.5 Å². The van der Waals surface area contributed by atoms with Crippen LogP contribution in [0.2, 0.25) is 0 Å². The summed E-state index contributed by atoms with van der Waals surface area (Å²) in [6, 6.07) is 15.0. The summed E-state index contributed by atoms with van der Waals surface area (Å²) in [7, 11) is 0. The third-order valence-corrected chi connectivity index (χ3v) is 4.33. The highest BCUT2D eigenvalue weighted by Crippen LogP contribution is 2.26. The van der Waals surface area contributed by atoms with Crippen LogP contribution in [-0.2, 0) is 16.0 Å². The summed E-state index contributed by atoms with van der Waals surface area (Å²) in [5.74, 6) is -0.673. The predicted molar refractivity (Wildman–Crippen MR) is 91.7 cm³/mol. The molecule has 0 bridgehead atoms. The van der Waals surface area contributed by atoms with Gasteiger partial charge in [-0.2, -0.15) is 14.0 Å². The molecule has 1 heterocycles. The van der Waals surface area contributed by atoms with Crippen LogP contribution in [0.15, 0.2) is 42.5 Å². The smallest absolute Gasteiger partial charge is 0.313 e. The van der Waals surface area contributed by atoms with Crippen LogP contribution in [0.5, 0.6) is 0 Å². The predicted octanol–water partition coefficient (Wildman–Crippen LogP) is 3.45. The van der Waals surface area contributed by atoms with E-state index in [1.54, 1.807) is 19.1 Å². The van der Waals surface area contributed by atoms with Gasteiger partial charge in [-0.1, -0.05) is 18.2 Å². The minimum Gasteiger partial charge on any atom is -0.466 e. The van der Waals surface area contributed by atoms with E-state index < -0.39 is 5.92 Å². The molecular formula is C18H15N3O2S. The number of carbonyl (C=O) groups excluding carboxylic acids is 1. The van der Waals surface area contributed by atoms with Crippen molar-refractivity contribution in [3.8, 4) is 6.07 Å². The van der Waals surface area contributed by atoms with E-state index in [0.717, 1.165) is 33.9 Å². The molecule has 0 saturated heterocycles. The van der Waals surface area contributed by atoms with E-state index >= 15 is 0 Å². The molecule has 6 heteroatoms. The van der Waals surface area contributed by atoms with Crippen LogP contribution >= 0.6 is 11.7 Å². The third kappa shape index (κ3) is 3.42. The second-order valence-corrected chi connectivity index (χ2v) is 5.86. The quantitative estimate of drug-likeness (QED) is 0.667. The maximum atomic E-state index is 12.4. The highest BCUT2D eigenvalue weighted by Gasteiger charge is 2.23. The first kappa shape index (κ1) is 16.1. The molecule has 3 aromatic rings. The van der Waals surface area contributed by atoms with E-state index in [0.29, 0.717) is 18.6 Å². The second-order valence-electron chi connectivity index (χ2n) is 5.33. The van der Waals surface area contributed by atoms with Gasteiger partial charge in [-0.3, -0.25) is 4.79 Å². The van der Waals surface area contributed by atoms with Crippen LogP contribution in [0, 0.1) is 11.3 Å². The fourth-order valence-electron chi connectivity index (χ4n) is 2.55. The van der Waals surface area contributed by atoms with Crippen LogP contribution in [0.3, 0.4) is 0 Å². The Kier molecular flexibility index (Phi) is 4.82. The van der Waals surface area contributed by atoms with Gasteiger partial charge in [0.15, 0.2) is 0 Å². The Morgan fingerprint density at radius 3 is 2.67 bits per heavy atom. The molecule has 0 aliphatic heterocycles. The lowest BCUT2D eigenvalue weighted by atomic mass is 9.91. The van der Waals surface area contributed by atoms with Crippen molar-refractivity contribution < 1.29 is 9.53 Å². The second kappa shape index (κ2) is 7.20. The number of benzene rings is 2. The highest BCUT2D eigenvalue weighted by atomic mass is 32.1. The first-order valence-corrected chi connectivity index (χ1v) is 8.32. The van der Waals surface area contributed by atoms with E-state index in [-0.39, 0.29) is 5.97 Å². The molecule has 1 atom stereocenters. The van der Waals surface area contributed by atoms with Crippen LogP contribution < -0.4 is 0 Å². The van der Waals surface area contributed by atoms with Crippen molar-refractivity contribution in [2.75, 3.05) is 6.61 Å². The maximum Gasteiger partial charge on any atom is 0.313 e. The van der Waals surface area contributed by atoms with Gasteiger partial charge in [-0.25, -0.2) is 0 Å². The molecule has 0 radical (unpaired) electrons. The lowest BCUT2D eigenvalue weighted by Gasteiger charge is -2.16. The minimum absolute atomic E-state index is 0.260. The zero-order valence-corrected chi connectivity index (χ0v) is 13.9. The van der Waals surface area contributed by atoms with Crippen molar-refractivity contribution in [1.82, 2.24) is 8.75 Å². The molecule has 3 rings (SSSR count). The molecule has 0 saturated carbocycles. The first-order chi connectivity index (χ1) is 11.7. The Balaban J connectivity index is 1.92. The SMILES string of the molecule is CCOC(=O)C(Cc1ccc(C#N)cc1)c1ccc2nsnc2c1. The lowest BCUT2D eigenvalue weighted by Crippen LogP contribution is -2.18. The van der Waals surface area contributed by atoms with Crippen molar-refractivity contribution in [2.24, 2.45) is 0 Å². The summed E-state index contributed by atoms with van der Waals surface area (Å²) >= 11 is 1.15. The average Bonchev–Trinajstić information content (AvgIpc) is 3.08. The van der Waals surface area contributed by atoms with E-state index in [4.69, 9.17) is 10.00 Å². The molecule has 120 valence electrons. The van der Waals surface area contributed by atoms with Crippen molar-refractivity contribution in [3.63, 3.8) is 0 Å². The molecule has 0 fully saturated rings. The molecule has 5 nitrogen and oxygen atoms in total. The molecule has 1 aromatic heterocycles. The standard InChI is InChI=1S/C18H15N3O2S/c1-2-23-18(22)15(9-12-3-5-13(11-19)6-4-12)14-7-8-16-17(10-14)21-24-20-16/h3-8,10,15H,2,9H2,1H3. The minimum atomic E-state index is -0.413. The van der Waals surface area contributed by atoms with Crippen molar-refractivity contribution in [1.29, 1.82) is 5.26 Å². The van der Waals surface area contributed by atoms with Gasteiger partial charge in [0.2, 0.25) is 0 Å². The molecule has 2 aromatic carbocycles. The summed E-state index contributed by atoms with van der Waals surface area (Å²) in [5, 5.41) is 8.89. The summed E-state index contributed by atoms with van der Waals surface area (Å²) in [6.45, 7) is 2.13. The number of fused-ring (bicyclic) bond motifs is 1. The topological polar surface area (TPSA) is 75.9 Å². The van der Waals surface area contributed by atoms with Crippen LogP contribution in [-0.4, -0.2) is 21.3 Å². The number of aromatic nitrogens is 2. The fraction of sp³-hybridized carbons (Fsp3) is 0.222. The molecule has 0 aliphatic carbocycles. The zero-order chi connectivity index (χ0) is 16.9. The van der Waals surface area contributed by atoms with Crippen molar-refractivity contribution >= 4 is 28.7 Å². The number of rotatable bonds is 5. The highest BCUT2D eigenvalue weighted by molar-refractivity contribution is 7.00. The van der Waals surface area contributed by atoms with Gasteiger partial charge in [-0.15, -0.1) is 0 Å². The monoisotopic (exact) mass is 337 g/mol. The number of hydrogen-bond acceptors (Lipinski definition) is 6. The Morgan fingerprint density at radius 2 is 1.96 bits per heavy atom. The first-order valence-electron chi connectivity index (χ1n) is 7.59. The van der Waals surface area contributed by atoms with Crippen LogP contribution in [0.4, 0.5) is 0 Å². The van der Waals surface area contributed by atoms with E-state index in [1.165, 1.54) is 0 Å². The van der Waals surface area contributed by atoms with Gasteiger partial charge in [0.25, 0.3) is 0 Å². The van der Waals surface area contributed by atoms with Crippen molar-refractivity contribution in [3.05, 3.63) is 59.2 Å². The Morgan fingerprint density at radius 1 is 1.21 bits per heavy atom. The number of nitrogens with zero attached hydrogens (tertiary/aromatic N) is 3. The van der Waals surface area contributed by atoms with Crippen LogP contribution in [0.25, 0.3) is 11.0 Å². The summed E-state index contributed by atoms with van der Waals surface area (Å²) in [6.07, 6.45) is 0.508. The van der Waals surface area contributed by atoms with Gasteiger partial charge in [-0.05, 0) is 48.7 Å². The molecule has 24 heavy (non-hydrogen) atoms. The number of nitriles is 1. The average molecular weight is 337 g/mol. The Labute approximate surface area is 143 Å². The van der Waals surface area contributed by atoms with Gasteiger partial charge in [0.1, 0.15) is 11.0 Å². The van der Waals surface area contributed by atoms with E-state index in [1.807, 2.05) is 30.3 Å². The summed E-state index contributed by atoms with van der Waals surface area (Å²) in [4.78, 5) is 12.4. The van der Waals surface area contributed by atoms with E-state index in [9.17, 15) is 4.79 Å². The number of hydrogen-bond donors (Lipinski definition) is 0. The van der Waals surface area contributed by atoms with Gasteiger partial charge in [0, 0.05) is 0 Å². The van der Waals surface area contributed by atoms with Gasteiger partial charge < -0.3 is 4.74 Å². The number of esters is 1. The summed E-state index contributed by atoms with van der Waals surface area (Å²) < 4.78 is 13.7. The summed E-state index contributed by atoms with van der Waals surface area (Å²) in [5.41, 5.74) is 4.04. The van der Waals surface area contributed by atoms with E-state index in [2.05, 4.69) is 14.8 Å². The maximum absolute atomic E-state index is 12.4. The lowest BCUT2D eigenvalue weighted by molar-refractivity contribution is -0.144. The third-order valence-electron chi connectivity index (χ3n) is 3.77. The van der Waals surface area contributed by atoms with Crippen molar-refractivity contribution in [2.45, 2.75) is 19.3 Å². The molecular weight excluding hydrogens is 322 g/mol. The normalized spacial score (nSPS) is 11.8. The Hall–Kier alpha value is -2.78. The van der Waals surface area contributed by atoms with Gasteiger partial charge >= 0.3 is 5.97 Å². The number of carbonyl (C=O) groups is 1. The fourth-order valence-corrected chi connectivity index (χ4v) is 3.06. The largest absolute Gasteiger partial charge is 0.466 e.